The number of aromatic nitrogens is 3. The smallest absolute Gasteiger partial charge is 0.161 e. The molecule has 19 heavy (non-hydrogen) atoms. The fourth-order valence-corrected chi connectivity index (χ4v) is 3.04. The summed E-state index contributed by atoms with van der Waals surface area (Å²) in [5, 5.41) is 16.0. The molecule has 1 fully saturated rings. The van der Waals surface area contributed by atoms with E-state index in [1.807, 2.05) is 6.07 Å². The van der Waals surface area contributed by atoms with Gasteiger partial charge in [0, 0.05) is 0 Å². The Morgan fingerprint density at radius 1 is 1.21 bits per heavy atom. The first kappa shape index (κ1) is 11.9. The molecule has 0 saturated heterocycles. The van der Waals surface area contributed by atoms with Gasteiger partial charge in [0.1, 0.15) is 5.82 Å². The molecule has 1 aliphatic rings. The summed E-state index contributed by atoms with van der Waals surface area (Å²) in [6, 6.07) is 12.6. The highest BCUT2D eigenvalue weighted by atomic mass is 15.2. The van der Waals surface area contributed by atoms with Crippen LogP contribution in [0.2, 0.25) is 0 Å². The third-order valence-electron chi connectivity index (χ3n) is 3.99. The van der Waals surface area contributed by atoms with Gasteiger partial charge in [0.25, 0.3) is 0 Å². The lowest BCUT2D eigenvalue weighted by atomic mass is 9.78. The summed E-state index contributed by atoms with van der Waals surface area (Å²) in [5.74, 6) is 1.51. The maximum absolute atomic E-state index is 8.74. The normalized spacial score (nSPS) is 17.2. The molecule has 4 nitrogen and oxygen atoms in total. The molecular weight excluding hydrogens is 236 g/mol. The summed E-state index contributed by atoms with van der Waals surface area (Å²) < 4.78 is 0. The van der Waals surface area contributed by atoms with Gasteiger partial charge in [0.2, 0.25) is 0 Å². The van der Waals surface area contributed by atoms with Crippen LogP contribution in [0.25, 0.3) is 0 Å². The number of benzene rings is 1. The molecule has 1 N–H and O–H groups in total. The molecule has 2 aromatic rings. The monoisotopic (exact) mass is 252 g/mol. The molecule has 0 bridgehead atoms. The largest absolute Gasteiger partial charge is 0.262 e. The minimum atomic E-state index is -0.0640. The van der Waals surface area contributed by atoms with Crippen molar-refractivity contribution in [3.8, 4) is 6.07 Å². The van der Waals surface area contributed by atoms with Crippen molar-refractivity contribution in [1.29, 1.82) is 5.26 Å². The zero-order valence-electron chi connectivity index (χ0n) is 10.8. The first-order chi connectivity index (χ1) is 9.35. The Labute approximate surface area is 112 Å². The van der Waals surface area contributed by atoms with Gasteiger partial charge in [-0.1, -0.05) is 43.2 Å². The maximum Gasteiger partial charge on any atom is 0.161 e. The average Bonchev–Trinajstić information content (AvgIpc) is 3.09. The fraction of sp³-hybridized carbons (Fsp3) is 0.400. The van der Waals surface area contributed by atoms with Crippen molar-refractivity contribution in [1.82, 2.24) is 15.2 Å². The number of nitriles is 1. The van der Waals surface area contributed by atoms with Crippen molar-refractivity contribution in [2.24, 2.45) is 0 Å². The number of rotatable bonds is 3. The summed E-state index contributed by atoms with van der Waals surface area (Å²) in [4.78, 5) is 4.54. The van der Waals surface area contributed by atoms with Crippen LogP contribution < -0.4 is 0 Å². The zero-order valence-corrected chi connectivity index (χ0v) is 10.8. The van der Waals surface area contributed by atoms with Crippen molar-refractivity contribution in [2.75, 3.05) is 0 Å². The second kappa shape index (κ2) is 4.85. The second-order valence-corrected chi connectivity index (χ2v) is 5.10. The highest BCUT2D eigenvalue weighted by Crippen LogP contribution is 2.44. The minimum absolute atomic E-state index is 0.0640. The first-order valence-electron chi connectivity index (χ1n) is 6.69. The fourth-order valence-electron chi connectivity index (χ4n) is 3.04. The minimum Gasteiger partial charge on any atom is -0.262 e. The Hall–Kier alpha value is -2.15. The number of hydrogen-bond acceptors (Lipinski definition) is 3. The SMILES string of the molecule is N#CCc1nc(C2(c3ccccc3)CCCC2)n[nH]1. The maximum atomic E-state index is 8.74. The Kier molecular flexibility index (Phi) is 3.04. The lowest BCUT2D eigenvalue weighted by Crippen LogP contribution is -2.25. The van der Waals surface area contributed by atoms with Crippen LogP contribution in [0, 0.1) is 11.3 Å². The summed E-state index contributed by atoms with van der Waals surface area (Å²) in [5.41, 5.74) is 1.22. The number of nitrogens with zero attached hydrogens (tertiary/aromatic N) is 3. The number of nitrogens with one attached hydrogen (secondary N) is 1. The lowest BCUT2D eigenvalue weighted by Gasteiger charge is -2.26. The van der Waals surface area contributed by atoms with E-state index in [0.717, 1.165) is 18.7 Å². The molecule has 1 aromatic heterocycles. The summed E-state index contributed by atoms with van der Waals surface area (Å²) in [6.45, 7) is 0. The van der Waals surface area contributed by atoms with Crippen LogP contribution in [-0.4, -0.2) is 15.2 Å². The number of hydrogen-bond donors (Lipinski definition) is 1. The van der Waals surface area contributed by atoms with Crippen molar-refractivity contribution in [2.45, 2.75) is 37.5 Å². The summed E-state index contributed by atoms with van der Waals surface area (Å²) in [6.07, 6.45) is 4.87. The van der Waals surface area contributed by atoms with E-state index in [2.05, 4.69) is 45.5 Å². The standard InChI is InChI=1S/C15H16N4/c16-11-8-13-17-14(19-18-13)15(9-4-5-10-15)12-6-2-1-3-7-12/h1-3,6-7H,4-5,8-10H2,(H,17,18,19). The quantitative estimate of drug-likeness (QED) is 0.913. The van der Waals surface area contributed by atoms with Crippen LogP contribution in [0.1, 0.15) is 42.9 Å². The number of aromatic amines is 1. The first-order valence-corrected chi connectivity index (χ1v) is 6.69. The van der Waals surface area contributed by atoms with Gasteiger partial charge in [-0.25, -0.2) is 4.98 Å². The zero-order chi connectivity index (χ0) is 13.1. The van der Waals surface area contributed by atoms with Gasteiger partial charge in [0.15, 0.2) is 5.82 Å². The Bertz CT molecular complexity index is 588. The van der Waals surface area contributed by atoms with Gasteiger partial charge in [0.05, 0.1) is 17.9 Å². The van der Waals surface area contributed by atoms with E-state index in [9.17, 15) is 0 Å². The molecule has 96 valence electrons. The predicted molar refractivity (Wildman–Crippen MR) is 71.4 cm³/mol. The van der Waals surface area contributed by atoms with Crippen LogP contribution in [-0.2, 0) is 11.8 Å². The van der Waals surface area contributed by atoms with Gasteiger partial charge in [-0.2, -0.15) is 10.4 Å². The van der Waals surface area contributed by atoms with E-state index in [-0.39, 0.29) is 11.8 Å². The van der Waals surface area contributed by atoms with Crippen molar-refractivity contribution < 1.29 is 0 Å². The molecule has 0 radical (unpaired) electrons. The molecule has 1 saturated carbocycles. The molecule has 1 aromatic carbocycles. The van der Waals surface area contributed by atoms with E-state index in [1.165, 1.54) is 18.4 Å². The topological polar surface area (TPSA) is 65.4 Å². The Balaban J connectivity index is 2.03. The second-order valence-electron chi connectivity index (χ2n) is 5.10. The van der Waals surface area contributed by atoms with Crippen molar-refractivity contribution in [3.63, 3.8) is 0 Å². The van der Waals surface area contributed by atoms with Gasteiger partial charge in [-0.15, -0.1) is 0 Å². The van der Waals surface area contributed by atoms with E-state index >= 15 is 0 Å². The van der Waals surface area contributed by atoms with Gasteiger partial charge < -0.3 is 0 Å². The molecule has 0 spiro atoms. The Morgan fingerprint density at radius 2 is 1.95 bits per heavy atom. The summed E-state index contributed by atoms with van der Waals surface area (Å²) >= 11 is 0. The summed E-state index contributed by atoms with van der Waals surface area (Å²) in [7, 11) is 0. The van der Waals surface area contributed by atoms with Gasteiger partial charge >= 0.3 is 0 Å². The molecule has 0 atom stereocenters. The highest BCUT2D eigenvalue weighted by molar-refractivity contribution is 5.34. The average molecular weight is 252 g/mol. The van der Waals surface area contributed by atoms with Gasteiger partial charge in [-0.3, -0.25) is 5.10 Å². The van der Waals surface area contributed by atoms with Crippen LogP contribution >= 0.6 is 0 Å². The van der Waals surface area contributed by atoms with E-state index in [4.69, 9.17) is 5.26 Å². The molecule has 0 amide bonds. The lowest BCUT2D eigenvalue weighted by molar-refractivity contribution is 0.501. The molecule has 0 aliphatic heterocycles. The van der Waals surface area contributed by atoms with Crippen LogP contribution in [0.4, 0.5) is 0 Å². The Morgan fingerprint density at radius 3 is 2.63 bits per heavy atom. The molecular formula is C15H16N4. The predicted octanol–water partition coefficient (Wildman–Crippen LogP) is 2.73. The van der Waals surface area contributed by atoms with Crippen molar-refractivity contribution >= 4 is 0 Å². The van der Waals surface area contributed by atoms with E-state index in [1.54, 1.807) is 0 Å². The third kappa shape index (κ3) is 2.01. The van der Waals surface area contributed by atoms with E-state index < -0.39 is 0 Å². The molecule has 3 rings (SSSR count). The highest BCUT2D eigenvalue weighted by Gasteiger charge is 2.40. The van der Waals surface area contributed by atoms with Crippen LogP contribution in [0.15, 0.2) is 30.3 Å². The number of H-pyrrole nitrogens is 1. The molecule has 4 heteroatoms. The van der Waals surface area contributed by atoms with E-state index in [0.29, 0.717) is 5.82 Å². The third-order valence-corrected chi connectivity index (χ3v) is 3.99. The molecule has 0 unspecified atom stereocenters. The van der Waals surface area contributed by atoms with Crippen molar-refractivity contribution in [3.05, 3.63) is 47.5 Å². The van der Waals surface area contributed by atoms with Gasteiger partial charge in [-0.05, 0) is 18.4 Å². The van der Waals surface area contributed by atoms with Crippen LogP contribution in [0.3, 0.4) is 0 Å². The molecule has 1 aliphatic carbocycles. The van der Waals surface area contributed by atoms with Crippen LogP contribution in [0.5, 0.6) is 0 Å². The molecule has 1 heterocycles.